The number of aryl methyl sites for hydroxylation is 1. The molecular weight excluding hydrogens is 340 g/mol. The van der Waals surface area contributed by atoms with Crippen molar-refractivity contribution in [1.29, 1.82) is 0 Å². The third-order valence-electron chi connectivity index (χ3n) is 5.40. The summed E-state index contributed by atoms with van der Waals surface area (Å²) in [7, 11) is 1.74. The van der Waals surface area contributed by atoms with Gasteiger partial charge in [-0.15, -0.1) is 0 Å². The van der Waals surface area contributed by atoms with Crippen molar-refractivity contribution in [3.8, 4) is 5.69 Å². The van der Waals surface area contributed by atoms with E-state index in [0.717, 1.165) is 47.2 Å². The molecule has 2 atom stereocenters. The number of methoxy groups -OCH3 is 1. The Bertz CT molecular complexity index is 966. The first-order valence-electron chi connectivity index (χ1n) is 9.44. The Morgan fingerprint density at radius 3 is 2.96 bits per heavy atom. The second kappa shape index (κ2) is 7.56. The predicted molar refractivity (Wildman–Crippen MR) is 103 cm³/mol. The molecule has 27 heavy (non-hydrogen) atoms. The first-order chi connectivity index (χ1) is 13.1. The Morgan fingerprint density at radius 1 is 1.26 bits per heavy atom. The topological polar surface area (TPSA) is 69.9 Å². The highest BCUT2D eigenvalue weighted by Crippen LogP contribution is 2.31. The Balaban J connectivity index is 1.50. The van der Waals surface area contributed by atoms with Crippen molar-refractivity contribution in [3.05, 3.63) is 48.2 Å². The summed E-state index contributed by atoms with van der Waals surface area (Å²) in [6.45, 7) is 1.95. The summed E-state index contributed by atoms with van der Waals surface area (Å²) in [5.41, 5.74) is 3.61. The van der Waals surface area contributed by atoms with Gasteiger partial charge in [0.05, 0.1) is 29.7 Å². The van der Waals surface area contributed by atoms with E-state index in [1.807, 2.05) is 36.0 Å². The number of nitrogens with zero attached hydrogens (tertiary/aromatic N) is 4. The lowest BCUT2D eigenvalue weighted by molar-refractivity contribution is -0.120. The maximum Gasteiger partial charge on any atom is 0.139 e. The molecule has 3 aromatic rings. The summed E-state index contributed by atoms with van der Waals surface area (Å²) >= 11 is 0. The van der Waals surface area contributed by atoms with Gasteiger partial charge in [-0.25, -0.2) is 4.68 Å². The van der Waals surface area contributed by atoms with Gasteiger partial charge in [-0.1, -0.05) is 6.42 Å². The quantitative estimate of drug-likeness (QED) is 0.670. The number of carbonyl (C=O) groups excluding carboxylic acids is 1. The number of ether oxygens (including phenoxy) is 1. The molecule has 0 aliphatic heterocycles. The van der Waals surface area contributed by atoms with Crippen LogP contribution in [0.1, 0.15) is 37.1 Å². The van der Waals surface area contributed by atoms with Crippen LogP contribution < -0.4 is 0 Å². The fourth-order valence-corrected chi connectivity index (χ4v) is 4.05. The maximum absolute atomic E-state index is 12.5. The first kappa shape index (κ1) is 17.8. The van der Waals surface area contributed by atoms with Crippen LogP contribution in [0.3, 0.4) is 0 Å². The number of aromatic nitrogens is 4. The van der Waals surface area contributed by atoms with E-state index in [-0.39, 0.29) is 11.9 Å². The zero-order valence-corrected chi connectivity index (χ0v) is 15.8. The molecule has 1 aliphatic carbocycles. The number of rotatable bonds is 6. The molecule has 0 bridgehead atoms. The Hall–Kier alpha value is -2.60. The summed E-state index contributed by atoms with van der Waals surface area (Å²) in [5, 5.41) is 5.46. The monoisotopic (exact) mass is 364 g/mol. The molecule has 6 nitrogen and oxygen atoms in total. The fourth-order valence-electron chi connectivity index (χ4n) is 4.05. The fraction of sp³-hybridized carbons (Fsp3) is 0.429. The second-order valence-corrected chi connectivity index (χ2v) is 7.33. The first-order valence-corrected chi connectivity index (χ1v) is 9.44. The number of hydrogen-bond donors (Lipinski definition) is 0. The van der Waals surface area contributed by atoms with Crippen LogP contribution in [0.5, 0.6) is 0 Å². The van der Waals surface area contributed by atoms with Gasteiger partial charge >= 0.3 is 0 Å². The Morgan fingerprint density at radius 2 is 2.15 bits per heavy atom. The van der Waals surface area contributed by atoms with Crippen LogP contribution in [0.4, 0.5) is 0 Å². The lowest BCUT2D eigenvalue weighted by atomic mass is 9.96. The molecule has 0 spiro atoms. The van der Waals surface area contributed by atoms with E-state index >= 15 is 0 Å². The second-order valence-electron chi connectivity index (χ2n) is 7.33. The highest BCUT2D eigenvalue weighted by atomic mass is 16.5. The van der Waals surface area contributed by atoms with Crippen LogP contribution in [0.25, 0.3) is 16.6 Å². The van der Waals surface area contributed by atoms with Crippen LogP contribution >= 0.6 is 0 Å². The van der Waals surface area contributed by atoms with Gasteiger partial charge in [-0.2, -0.15) is 5.10 Å². The van der Waals surface area contributed by atoms with Crippen molar-refractivity contribution >= 4 is 16.7 Å². The molecule has 1 fully saturated rings. The molecular formula is C21H24N4O2. The molecule has 0 aromatic carbocycles. The minimum Gasteiger partial charge on any atom is -0.381 e. The number of Topliss-reactive ketones (excluding diaryl/α,β-unsaturated/α-hetero) is 1. The Kier molecular flexibility index (Phi) is 4.99. The van der Waals surface area contributed by atoms with Gasteiger partial charge in [0.15, 0.2) is 0 Å². The van der Waals surface area contributed by atoms with Gasteiger partial charge in [0.1, 0.15) is 5.78 Å². The smallest absolute Gasteiger partial charge is 0.139 e. The van der Waals surface area contributed by atoms with Crippen LogP contribution in [0.2, 0.25) is 0 Å². The molecule has 1 aliphatic rings. The highest BCUT2D eigenvalue weighted by molar-refractivity contribution is 5.84. The molecule has 0 saturated heterocycles. The van der Waals surface area contributed by atoms with Crippen LogP contribution in [-0.4, -0.2) is 38.7 Å². The minimum atomic E-state index is 0.228. The van der Waals surface area contributed by atoms with E-state index in [1.165, 1.54) is 0 Å². The zero-order valence-electron chi connectivity index (χ0n) is 15.8. The van der Waals surface area contributed by atoms with E-state index in [0.29, 0.717) is 18.8 Å². The predicted octanol–water partition coefficient (Wildman–Crippen LogP) is 3.44. The van der Waals surface area contributed by atoms with Gasteiger partial charge in [0.25, 0.3) is 0 Å². The van der Waals surface area contributed by atoms with Gasteiger partial charge in [0, 0.05) is 42.9 Å². The number of ketones is 1. The van der Waals surface area contributed by atoms with Gasteiger partial charge in [0.2, 0.25) is 0 Å². The maximum atomic E-state index is 12.5. The molecule has 1 saturated carbocycles. The SMILES string of the molecule is CO[C@H]1CCC[C@@H]1CC(=O)Cc1cc2cnn(-c3ccnc(C)c3)c2cn1. The number of carbonyl (C=O) groups is 1. The summed E-state index contributed by atoms with van der Waals surface area (Å²) in [6, 6.07) is 5.87. The van der Waals surface area contributed by atoms with Crippen molar-refractivity contribution in [2.45, 2.75) is 45.1 Å². The van der Waals surface area contributed by atoms with Crippen molar-refractivity contribution in [2.75, 3.05) is 7.11 Å². The van der Waals surface area contributed by atoms with Gasteiger partial charge in [-0.3, -0.25) is 14.8 Å². The lowest BCUT2D eigenvalue weighted by Gasteiger charge is -2.17. The summed E-state index contributed by atoms with van der Waals surface area (Å²) in [5.74, 6) is 0.580. The molecule has 0 amide bonds. The molecule has 4 rings (SSSR count). The summed E-state index contributed by atoms with van der Waals surface area (Å²) in [6.07, 6.45) is 9.85. The molecule has 0 N–H and O–H groups in total. The average Bonchev–Trinajstić information content (AvgIpc) is 3.27. The number of pyridine rings is 2. The molecule has 0 radical (unpaired) electrons. The highest BCUT2D eigenvalue weighted by Gasteiger charge is 2.28. The van der Waals surface area contributed by atoms with E-state index in [4.69, 9.17) is 4.74 Å². The van der Waals surface area contributed by atoms with E-state index < -0.39 is 0 Å². The van der Waals surface area contributed by atoms with Crippen molar-refractivity contribution in [2.24, 2.45) is 5.92 Å². The summed E-state index contributed by atoms with van der Waals surface area (Å²) in [4.78, 5) is 21.2. The van der Waals surface area contributed by atoms with Crippen molar-refractivity contribution < 1.29 is 9.53 Å². The minimum absolute atomic E-state index is 0.228. The van der Waals surface area contributed by atoms with Gasteiger partial charge < -0.3 is 4.74 Å². The third kappa shape index (κ3) is 3.76. The molecule has 140 valence electrons. The Labute approximate surface area is 158 Å². The molecule has 6 heteroatoms. The van der Waals surface area contributed by atoms with Crippen LogP contribution in [-0.2, 0) is 16.0 Å². The number of fused-ring (bicyclic) bond motifs is 1. The van der Waals surface area contributed by atoms with Crippen molar-refractivity contribution in [1.82, 2.24) is 19.7 Å². The van der Waals surface area contributed by atoms with Gasteiger partial charge in [-0.05, 0) is 43.9 Å². The van der Waals surface area contributed by atoms with E-state index in [9.17, 15) is 4.79 Å². The van der Waals surface area contributed by atoms with E-state index in [2.05, 4.69) is 15.1 Å². The van der Waals surface area contributed by atoms with Crippen molar-refractivity contribution in [3.63, 3.8) is 0 Å². The molecule has 3 heterocycles. The lowest BCUT2D eigenvalue weighted by Crippen LogP contribution is -2.20. The number of hydrogen-bond acceptors (Lipinski definition) is 5. The molecule has 3 aromatic heterocycles. The zero-order chi connectivity index (χ0) is 18.8. The standard InChI is InChI=1S/C21H24N4O2/c1-14-8-18(6-7-22-14)25-20-13-23-17(9-16(20)12-24-25)11-19(26)10-15-4-3-5-21(15)27-2/h6-9,12-13,15,21H,3-5,10-11H2,1-2H3/t15-,21+/m1/s1. The third-order valence-corrected chi connectivity index (χ3v) is 5.40. The average molecular weight is 364 g/mol. The van der Waals surface area contributed by atoms with Crippen LogP contribution in [0, 0.1) is 12.8 Å². The summed E-state index contributed by atoms with van der Waals surface area (Å²) < 4.78 is 7.35. The molecule has 0 unspecified atom stereocenters. The van der Waals surface area contributed by atoms with Crippen LogP contribution in [0.15, 0.2) is 36.8 Å². The normalized spacial score (nSPS) is 19.6. The van der Waals surface area contributed by atoms with E-state index in [1.54, 1.807) is 19.5 Å². The largest absolute Gasteiger partial charge is 0.381 e.